The molecule has 0 unspecified atom stereocenters. The standard InChI is InChI=1S/C22H26N4O5S2/c1-13-14(2)16(4)22(17(5)15(13)3)33(29,30)25-18-7-9-19(10-8-18)32(27,28)26-20-11-12-21(31-6)24-23-20/h7-12,25H,1-6H3,(H,23,26). The first-order valence-corrected chi connectivity index (χ1v) is 12.9. The van der Waals surface area contributed by atoms with E-state index in [1.54, 1.807) is 13.8 Å². The van der Waals surface area contributed by atoms with Crippen LogP contribution in [0.1, 0.15) is 27.8 Å². The molecule has 176 valence electrons. The molecule has 3 rings (SSSR count). The van der Waals surface area contributed by atoms with E-state index in [4.69, 9.17) is 4.74 Å². The normalized spacial score (nSPS) is 11.8. The van der Waals surface area contributed by atoms with E-state index in [9.17, 15) is 16.8 Å². The molecule has 2 N–H and O–H groups in total. The summed E-state index contributed by atoms with van der Waals surface area (Å²) in [6.07, 6.45) is 0. The van der Waals surface area contributed by atoms with Gasteiger partial charge in [-0.25, -0.2) is 16.8 Å². The summed E-state index contributed by atoms with van der Waals surface area (Å²) >= 11 is 0. The van der Waals surface area contributed by atoms with Gasteiger partial charge in [0.05, 0.1) is 16.9 Å². The molecule has 2 aromatic carbocycles. The largest absolute Gasteiger partial charge is 0.480 e. The van der Waals surface area contributed by atoms with E-state index in [2.05, 4.69) is 19.6 Å². The molecule has 0 saturated carbocycles. The van der Waals surface area contributed by atoms with Gasteiger partial charge in [-0.3, -0.25) is 9.44 Å². The van der Waals surface area contributed by atoms with E-state index in [0.717, 1.165) is 16.7 Å². The summed E-state index contributed by atoms with van der Waals surface area (Å²) in [5.41, 5.74) is 4.53. The number of sulfonamides is 2. The molecule has 0 radical (unpaired) electrons. The van der Waals surface area contributed by atoms with Gasteiger partial charge in [0.25, 0.3) is 20.0 Å². The van der Waals surface area contributed by atoms with Crippen molar-refractivity contribution in [2.24, 2.45) is 0 Å². The smallest absolute Gasteiger partial charge is 0.263 e. The van der Waals surface area contributed by atoms with Gasteiger partial charge in [-0.1, -0.05) is 0 Å². The molecular formula is C22H26N4O5S2. The zero-order chi connectivity index (χ0) is 24.6. The van der Waals surface area contributed by atoms with Crippen molar-refractivity contribution < 1.29 is 21.6 Å². The molecule has 0 spiro atoms. The van der Waals surface area contributed by atoms with Gasteiger partial charge in [0.1, 0.15) is 0 Å². The molecule has 1 aromatic heterocycles. The van der Waals surface area contributed by atoms with Gasteiger partial charge < -0.3 is 4.74 Å². The van der Waals surface area contributed by atoms with Crippen LogP contribution in [0.5, 0.6) is 5.88 Å². The molecule has 33 heavy (non-hydrogen) atoms. The minimum Gasteiger partial charge on any atom is -0.480 e. The quantitative estimate of drug-likeness (QED) is 0.518. The topological polar surface area (TPSA) is 127 Å². The van der Waals surface area contributed by atoms with Crippen LogP contribution in [0.4, 0.5) is 11.5 Å². The van der Waals surface area contributed by atoms with Crippen molar-refractivity contribution in [2.45, 2.75) is 44.4 Å². The second-order valence-electron chi connectivity index (χ2n) is 7.65. The van der Waals surface area contributed by atoms with Crippen molar-refractivity contribution in [1.29, 1.82) is 0 Å². The summed E-state index contributed by atoms with van der Waals surface area (Å²) < 4.78 is 61.3. The number of ether oxygens (including phenoxy) is 1. The maximum atomic E-state index is 13.2. The molecule has 0 aliphatic carbocycles. The van der Waals surface area contributed by atoms with E-state index in [-0.39, 0.29) is 27.2 Å². The highest BCUT2D eigenvalue weighted by atomic mass is 32.2. The van der Waals surface area contributed by atoms with Crippen LogP contribution in [-0.4, -0.2) is 34.1 Å². The van der Waals surface area contributed by atoms with Crippen LogP contribution in [0, 0.1) is 34.6 Å². The minimum absolute atomic E-state index is 0.0247. The first kappa shape index (κ1) is 24.5. The first-order chi connectivity index (χ1) is 15.4. The Balaban J connectivity index is 1.86. The van der Waals surface area contributed by atoms with Crippen LogP contribution in [-0.2, 0) is 20.0 Å². The lowest BCUT2D eigenvalue weighted by atomic mass is 9.95. The van der Waals surface area contributed by atoms with Crippen LogP contribution in [0.25, 0.3) is 0 Å². The Morgan fingerprint density at radius 3 is 1.70 bits per heavy atom. The number of anilines is 2. The molecule has 0 saturated heterocycles. The first-order valence-electron chi connectivity index (χ1n) is 9.97. The molecule has 0 aliphatic rings. The Kier molecular flexibility index (Phi) is 6.66. The minimum atomic E-state index is -3.95. The van der Waals surface area contributed by atoms with E-state index in [1.807, 2.05) is 20.8 Å². The third-order valence-electron chi connectivity index (χ3n) is 5.70. The molecular weight excluding hydrogens is 464 g/mol. The second-order valence-corrected chi connectivity index (χ2v) is 11.0. The van der Waals surface area contributed by atoms with Gasteiger partial charge in [-0.05, 0) is 92.8 Å². The third-order valence-corrected chi connectivity index (χ3v) is 8.73. The van der Waals surface area contributed by atoms with Crippen molar-refractivity contribution in [3.8, 4) is 5.88 Å². The van der Waals surface area contributed by atoms with E-state index >= 15 is 0 Å². The van der Waals surface area contributed by atoms with Gasteiger partial charge in [-0.15, -0.1) is 10.2 Å². The molecule has 0 aliphatic heterocycles. The average Bonchev–Trinajstić information content (AvgIpc) is 2.76. The number of nitrogens with one attached hydrogen (secondary N) is 2. The molecule has 3 aromatic rings. The van der Waals surface area contributed by atoms with E-state index < -0.39 is 20.0 Å². The summed E-state index contributed by atoms with van der Waals surface area (Å²) in [5, 5.41) is 7.45. The van der Waals surface area contributed by atoms with Crippen molar-refractivity contribution in [1.82, 2.24) is 10.2 Å². The van der Waals surface area contributed by atoms with Gasteiger partial charge in [0, 0.05) is 11.8 Å². The van der Waals surface area contributed by atoms with Gasteiger partial charge in [0.2, 0.25) is 5.88 Å². The average molecular weight is 491 g/mol. The fourth-order valence-electron chi connectivity index (χ4n) is 3.46. The summed E-state index contributed by atoms with van der Waals surface area (Å²) in [6, 6.07) is 8.29. The van der Waals surface area contributed by atoms with Gasteiger partial charge in [-0.2, -0.15) is 0 Å². The lowest BCUT2D eigenvalue weighted by molar-refractivity contribution is 0.392. The lowest BCUT2D eigenvalue weighted by Crippen LogP contribution is -2.18. The van der Waals surface area contributed by atoms with Crippen molar-refractivity contribution in [3.63, 3.8) is 0 Å². The Hall–Kier alpha value is -3.18. The number of nitrogens with zero attached hydrogens (tertiary/aromatic N) is 2. The van der Waals surface area contributed by atoms with Crippen LogP contribution in [0.2, 0.25) is 0 Å². The fourth-order valence-corrected chi connectivity index (χ4v) is 6.11. The Morgan fingerprint density at radius 2 is 1.21 bits per heavy atom. The predicted molar refractivity (Wildman–Crippen MR) is 127 cm³/mol. The number of methoxy groups -OCH3 is 1. The maximum Gasteiger partial charge on any atom is 0.263 e. The van der Waals surface area contributed by atoms with E-state index in [1.165, 1.54) is 43.5 Å². The molecule has 0 amide bonds. The SMILES string of the molecule is COc1ccc(NS(=O)(=O)c2ccc(NS(=O)(=O)c3c(C)c(C)c(C)c(C)c3C)cc2)nn1. The monoisotopic (exact) mass is 490 g/mol. The number of hydrogen-bond donors (Lipinski definition) is 2. The van der Waals surface area contributed by atoms with Crippen molar-refractivity contribution >= 4 is 31.6 Å². The summed E-state index contributed by atoms with van der Waals surface area (Å²) in [6.45, 7) is 9.34. The van der Waals surface area contributed by atoms with Crippen LogP contribution in [0.15, 0.2) is 46.2 Å². The zero-order valence-corrected chi connectivity index (χ0v) is 20.8. The van der Waals surface area contributed by atoms with Crippen LogP contribution >= 0.6 is 0 Å². The van der Waals surface area contributed by atoms with Crippen molar-refractivity contribution in [2.75, 3.05) is 16.6 Å². The number of aromatic nitrogens is 2. The number of benzene rings is 2. The van der Waals surface area contributed by atoms with Crippen LogP contribution < -0.4 is 14.2 Å². The maximum absolute atomic E-state index is 13.2. The summed E-state index contributed by atoms with van der Waals surface area (Å²) in [7, 11) is -6.41. The van der Waals surface area contributed by atoms with Gasteiger partial charge in [0.15, 0.2) is 5.82 Å². The second kappa shape index (κ2) is 8.99. The highest BCUT2D eigenvalue weighted by Gasteiger charge is 2.24. The Morgan fingerprint density at radius 1 is 0.667 bits per heavy atom. The van der Waals surface area contributed by atoms with Gasteiger partial charge >= 0.3 is 0 Å². The lowest BCUT2D eigenvalue weighted by Gasteiger charge is -2.19. The Labute approximate surface area is 194 Å². The highest BCUT2D eigenvalue weighted by molar-refractivity contribution is 7.93. The predicted octanol–water partition coefficient (Wildman–Crippen LogP) is 3.63. The molecule has 0 bridgehead atoms. The Bertz CT molecular complexity index is 1370. The van der Waals surface area contributed by atoms with Crippen LogP contribution in [0.3, 0.4) is 0 Å². The molecule has 1 heterocycles. The molecule has 0 fully saturated rings. The van der Waals surface area contributed by atoms with Crippen molar-refractivity contribution in [3.05, 3.63) is 64.2 Å². The summed E-state index contributed by atoms with van der Waals surface area (Å²) in [5.74, 6) is 0.274. The molecule has 11 heteroatoms. The van der Waals surface area contributed by atoms with E-state index in [0.29, 0.717) is 11.1 Å². The number of hydrogen-bond acceptors (Lipinski definition) is 7. The zero-order valence-electron chi connectivity index (χ0n) is 19.2. The number of rotatable bonds is 7. The highest BCUT2D eigenvalue weighted by Crippen LogP contribution is 2.31. The summed E-state index contributed by atoms with van der Waals surface area (Å²) in [4.78, 5) is 0.178. The molecule has 9 nitrogen and oxygen atoms in total. The molecule has 0 atom stereocenters. The fraction of sp³-hybridized carbons (Fsp3) is 0.273. The third kappa shape index (κ3) is 4.93.